The predicted molar refractivity (Wildman–Crippen MR) is 134 cm³/mol. The third-order valence-electron chi connectivity index (χ3n) is 5.93. The van der Waals surface area contributed by atoms with E-state index < -0.39 is 11.9 Å². The third kappa shape index (κ3) is 4.53. The summed E-state index contributed by atoms with van der Waals surface area (Å²) < 4.78 is 11.2. The first kappa shape index (κ1) is 23.8. The molecule has 7 heteroatoms. The third-order valence-corrected chi connectivity index (χ3v) is 5.93. The maximum atomic E-state index is 13.4. The number of aryl methyl sites for hydroxylation is 1. The summed E-state index contributed by atoms with van der Waals surface area (Å²) in [7, 11) is 1.31. The van der Waals surface area contributed by atoms with Gasteiger partial charge in [0.15, 0.2) is 5.43 Å². The zero-order valence-corrected chi connectivity index (χ0v) is 19.8. The summed E-state index contributed by atoms with van der Waals surface area (Å²) >= 11 is 0. The van der Waals surface area contributed by atoms with Gasteiger partial charge >= 0.3 is 11.9 Å². The summed E-state index contributed by atoms with van der Waals surface area (Å²) in [6, 6.07) is 16.7. The van der Waals surface area contributed by atoms with E-state index in [1.165, 1.54) is 13.2 Å². The van der Waals surface area contributed by atoms with Crippen molar-refractivity contribution in [1.29, 1.82) is 0 Å². The van der Waals surface area contributed by atoms with Crippen molar-refractivity contribution in [3.8, 4) is 11.3 Å². The highest BCUT2D eigenvalue weighted by atomic mass is 16.5. The highest BCUT2D eigenvalue weighted by Gasteiger charge is 2.20. The average Bonchev–Trinajstić information content (AvgIpc) is 2.85. The van der Waals surface area contributed by atoms with Gasteiger partial charge in [-0.1, -0.05) is 30.3 Å². The van der Waals surface area contributed by atoms with E-state index >= 15 is 0 Å². The zero-order chi connectivity index (χ0) is 25.3. The number of carbonyl (C=O) groups excluding carboxylic acids is 1. The molecule has 0 bridgehead atoms. The number of methoxy groups -OCH3 is 1. The van der Waals surface area contributed by atoms with Crippen molar-refractivity contribution in [1.82, 2.24) is 0 Å². The van der Waals surface area contributed by atoms with E-state index in [0.717, 1.165) is 5.56 Å². The molecule has 7 nitrogen and oxygen atoms in total. The monoisotopic (exact) mass is 471 g/mol. The number of rotatable bonds is 6. The number of esters is 1. The molecule has 0 radical (unpaired) electrons. The molecule has 0 amide bonds. The number of ether oxygens (including phenoxy) is 1. The number of benzene rings is 3. The van der Waals surface area contributed by atoms with Gasteiger partial charge in [-0.15, -0.1) is 0 Å². The largest absolute Gasteiger partial charge is 0.478 e. The molecule has 3 aromatic carbocycles. The van der Waals surface area contributed by atoms with Crippen LogP contribution in [-0.2, 0) is 4.74 Å². The lowest BCUT2D eigenvalue weighted by atomic mass is 9.98. The van der Waals surface area contributed by atoms with Gasteiger partial charge in [0, 0.05) is 22.4 Å². The number of hydrogen-bond donors (Lipinski definition) is 2. The van der Waals surface area contributed by atoms with Gasteiger partial charge in [-0.05, 0) is 56.7 Å². The molecule has 1 heterocycles. The Morgan fingerprint density at radius 3 is 2.49 bits per heavy atom. The number of hydrogen-bond acceptors (Lipinski definition) is 6. The fourth-order valence-electron chi connectivity index (χ4n) is 4.18. The molecule has 4 rings (SSSR count). The second kappa shape index (κ2) is 9.46. The molecular formula is C28H25NO6. The second-order valence-corrected chi connectivity index (χ2v) is 8.41. The van der Waals surface area contributed by atoms with Gasteiger partial charge < -0.3 is 19.6 Å². The van der Waals surface area contributed by atoms with Gasteiger partial charge in [-0.25, -0.2) is 9.59 Å². The number of carboxylic acid groups (broad SMARTS) is 1. The number of anilines is 1. The molecule has 178 valence electrons. The van der Waals surface area contributed by atoms with Gasteiger partial charge in [0.2, 0.25) is 0 Å². The van der Waals surface area contributed by atoms with E-state index in [0.29, 0.717) is 44.7 Å². The molecule has 0 aliphatic carbocycles. The van der Waals surface area contributed by atoms with E-state index in [4.69, 9.17) is 9.15 Å². The minimum atomic E-state index is -1.04. The van der Waals surface area contributed by atoms with E-state index in [9.17, 15) is 19.5 Å². The quantitative estimate of drug-likeness (QED) is 0.346. The number of nitrogens with one attached hydrogen (secondary N) is 1. The van der Waals surface area contributed by atoms with Gasteiger partial charge in [0.1, 0.15) is 11.3 Å². The Balaban J connectivity index is 1.89. The first-order chi connectivity index (χ1) is 16.7. The molecular weight excluding hydrogens is 446 g/mol. The van der Waals surface area contributed by atoms with Crippen LogP contribution in [0.5, 0.6) is 0 Å². The van der Waals surface area contributed by atoms with E-state index in [-0.39, 0.29) is 17.0 Å². The SMILES string of the molecule is COC(=O)c1cccc(-c2oc3c([C@@H](C)Nc4ccccc4C(=O)O)cc(C)cc3c(=O)c2C)c1. The second-order valence-electron chi connectivity index (χ2n) is 8.41. The van der Waals surface area contributed by atoms with Crippen LogP contribution in [0.25, 0.3) is 22.3 Å². The van der Waals surface area contributed by atoms with Crippen molar-refractivity contribution < 1.29 is 23.8 Å². The normalized spacial score (nSPS) is 11.8. The van der Waals surface area contributed by atoms with Crippen LogP contribution in [0.2, 0.25) is 0 Å². The summed E-state index contributed by atoms with van der Waals surface area (Å²) in [5.41, 5.74) is 3.77. The maximum Gasteiger partial charge on any atom is 0.337 e. The molecule has 35 heavy (non-hydrogen) atoms. The first-order valence-corrected chi connectivity index (χ1v) is 11.1. The van der Waals surface area contributed by atoms with Gasteiger partial charge in [0.25, 0.3) is 0 Å². The van der Waals surface area contributed by atoms with Crippen molar-refractivity contribution in [3.05, 3.63) is 98.7 Å². The number of carboxylic acids is 1. The molecule has 0 aliphatic rings. The lowest BCUT2D eigenvalue weighted by molar-refractivity contribution is 0.0600. The van der Waals surface area contributed by atoms with Crippen LogP contribution in [0.1, 0.15) is 50.4 Å². The average molecular weight is 472 g/mol. The molecule has 0 fully saturated rings. The zero-order valence-electron chi connectivity index (χ0n) is 19.8. The Labute approximate surface area is 202 Å². The number of para-hydroxylation sites is 1. The molecule has 4 aromatic rings. The van der Waals surface area contributed by atoms with Crippen molar-refractivity contribution in [2.45, 2.75) is 26.8 Å². The minimum Gasteiger partial charge on any atom is -0.478 e. The van der Waals surface area contributed by atoms with E-state index in [2.05, 4.69) is 5.32 Å². The number of fused-ring (bicyclic) bond motifs is 1. The Bertz CT molecular complexity index is 1520. The van der Waals surface area contributed by atoms with Crippen LogP contribution in [-0.4, -0.2) is 24.2 Å². The van der Waals surface area contributed by atoms with E-state index in [1.54, 1.807) is 55.5 Å². The lowest BCUT2D eigenvalue weighted by Crippen LogP contribution is -2.14. The van der Waals surface area contributed by atoms with Crippen molar-refractivity contribution >= 4 is 28.6 Å². The van der Waals surface area contributed by atoms with Crippen LogP contribution >= 0.6 is 0 Å². The summed E-state index contributed by atoms with van der Waals surface area (Å²) in [5.74, 6) is -1.17. The molecule has 0 unspecified atom stereocenters. The molecule has 1 atom stereocenters. The fraction of sp³-hybridized carbons (Fsp3) is 0.179. The minimum absolute atomic E-state index is 0.147. The topological polar surface area (TPSA) is 106 Å². The summed E-state index contributed by atoms with van der Waals surface area (Å²) in [6.45, 7) is 5.46. The van der Waals surface area contributed by atoms with Crippen molar-refractivity contribution in [2.75, 3.05) is 12.4 Å². The molecule has 0 saturated carbocycles. The molecule has 0 spiro atoms. The van der Waals surface area contributed by atoms with Crippen molar-refractivity contribution in [2.24, 2.45) is 0 Å². The highest BCUT2D eigenvalue weighted by molar-refractivity contribution is 5.94. The van der Waals surface area contributed by atoms with E-state index in [1.807, 2.05) is 19.9 Å². The van der Waals surface area contributed by atoms with Crippen molar-refractivity contribution in [3.63, 3.8) is 0 Å². The van der Waals surface area contributed by atoms with Crippen LogP contribution in [0.15, 0.2) is 69.9 Å². The molecule has 0 saturated heterocycles. The molecule has 1 aromatic heterocycles. The lowest BCUT2D eigenvalue weighted by Gasteiger charge is -2.20. The van der Waals surface area contributed by atoms with Gasteiger partial charge in [-0.2, -0.15) is 0 Å². The Morgan fingerprint density at radius 1 is 1.03 bits per heavy atom. The Hall–Kier alpha value is -4.39. The molecule has 2 N–H and O–H groups in total. The Morgan fingerprint density at radius 2 is 1.77 bits per heavy atom. The first-order valence-electron chi connectivity index (χ1n) is 11.1. The van der Waals surface area contributed by atoms with Crippen LogP contribution in [0.3, 0.4) is 0 Å². The highest BCUT2D eigenvalue weighted by Crippen LogP contribution is 2.33. The smallest absolute Gasteiger partial charge is 0.337 e. The fourth-order valence-corrected chi connectivity index (χ4v) is 4.18. The van der Waals surface area contributed by atoms with Gasteiger partial charge in [-0.3, -0.25) is 4.79 Å². The number of carbonyl (C=O) groups is 2. The summed E-state index contributed by atoms with van der Waals surface area (Å²) in [4.78, 5) is 37.1. The molecule has 0 aliphatic heterocycles. The Kier molecular flexibility index (Phi) is 6.42. The van der Waals surface area contributed by atoms with Crippen LogP contribution in [0, 0.1) is 13.8 Å². The predicted octanol–water partition coefficient (Wildman–Crippen LogP) is 5.73. The number of aromatic carboxylic acids is 1. The standard InChI is InChI=1S/C28H25NO6/c1-15-12-21(17(3)29-23-11-6-5-10-20(23)27(31)32)26-22(13-15)24(30)16(2)25(35-26)18-8-7-9-19(14-18)28(33)34-4/h5-14,17,29H,1-4H3,(H,31,32)/t17-/m1/s1. The van der Waals surface area contributed by atoms with Crippen LogP contribution in [0.4, 0.5) is 5.69 Å². The van der Waals surface area contributed by atoms with Crippen LogP contribution < -0.4 is 10.7 Å². The van der Waals surface area contributed by atoms with Gasteiger partial charge in [0.05, 0.1) is 29.7 Å². The summed E-state index contributed by atoms with van der Waals surface area (Å²) in [5, 5.41) is 13.2. The summed E-state index contributed by atoms with van der Waals surface area (Å²) in [6.07, 6.45) is 0. The maximum absolute atomic E-state index is 13.4.